The summed E-state index contributed by atoms with van der Waals surface area (Å²) in [6, 6.07) is 10.7. The van der Waals surface area contributed by atoms with E-state index in [0.717, 1.165) is 0 Å². The molecule has 2 aromatic carbocycles. The number of amides is 2. The third-order valence-corrected chi connectivity index (χ3v) is 3.54. The number of benzene rings is 2. The molecule has 2 N–H and O–H groups in total. The number of carbonyl (C=O) groups is 2. The van der Waals surface area contributed by atoms with E-state index in [1.165, 1.54) is 18.2 Å². The average Bonchev–Trinajstić information content (AvgIpc) is 2.56. The van der Waals surface area contributed by atoms with E-state index in [9.17, 15) is 14.0 Å². The summed E-state index contributed by atoms with van der Waals surface area (Å²) < 4.78 is 18.6. The predicted octanol–water partition coefficient (Wildman–Crippen LogP) is 2.90. The van der Waals surface area contributed by atoms with Crippen LogP contribution in [0.15, 0.2) is 42.5 Å². The highest BCUT2D eigenvalue weighted by Crippen LogP contribution is 2.20. The minimum absolute atomic E-state index is 0.229. The Kier molecular flexibility index (Phi) is 5.52. The summed E-state index contributed by atoms with van der Waals surface area (Å²) in [5, 5.41) is 5.28. The first kappa shape index (κ1) is 17.5. The molecule has 0 heterocycles. The smallest absolute Gasteiger partial charge is 0.265 e. The van der Waals surface area contributed by atoms with Crippen LogP contribution in [0.3, 0.4) is 0 Å². The number of halogens is 1. The van der Waals surface area contributed by atoms with E-state index in [4.69, 9.17) is 4.74 Å². The van der Waals surface area contributed by atoms with Crippen molar-refractivity contribution < 1.29 is 18.7 Å². The van der Waals surface area contributed by atoms with Crippen LogP contribution < -0.4 is 15.4 Å². The van der Waals surface area contributed by atoms with Gasteiger partial charge in [0.2, 0.25) is 0 Å². The molecule has 2 aromatic rings. The lowest BCUT2D eigenvalue weighted by Crippen LogP contribution is -2.30. The highest BCUT2D eigenvalue weighted by atomic mass is 19.1. The standard InChI is InChI=1S/C18H19FN2O3/c1-11-15(18(23)20-3)8-5-9-16(11)21-17(22)12(2)24-14-7-4-6-13(19)10-14/h4-10,12H,1-3H3,(H,20,23)(H,21,22). The van der Waals surface area contributed by atoms with Gasteiger partial charge in [-0.1, -0.05) is 12.1 Å². The van der Waals surface area contributed by atoms with E-state index < -0.39 is 17.8 Å². The van der Waals surface area contributed by atoms with Gasteiger partial charge in [0, 0.05) is 24.4 Å². The first-order chi connectivity index (χ1) is 11.4. The summed E-state index contributed by atoms with van der Waals surface area (Å²) in [5.41, 5.74) is 1.66. The lowest BCUT2D eigenvalue weighted by molar-refractivity contribution is -0.122. The van der Waals surface area contributed by atoms with E-state index in [0.29, 0.717) is 16.8 Å². The van der Waals surface area contributed by atoms with Gasteiger partial charge >= 0.3 is 0 Å². The SMILES string of the molecule is CNC(=O)c1cccc(NC(=O)C(C)Oc2cccc(F)c2)c1C. The molecule has 0 spiro atoms. The Hall–Kier alpha value is -2.89. The van der Waals surface area contributed by atoms with Gasteiger partial charge in [0.1, 0.15) is 11.6 Å². The van der Waals surface area contributed by atoms with Gasteiger partial charge in [-0.3, -0.25) is 9.59 Å². The van der Waals surface area contributed by atoms with Crippen LogP contribution in [-0.2, 0) is 4.79 Å². The van der Waals surface area contributed by atoms with Crippen LogP contribution in [0, 0.1) is 12.7 Å². The van der Waals surface area contributed by atoms with E-state index in [-0.39, 0.29) is 11.7 Å². The normalized spacial score (nSPS) is 11.5. The first-order valence-corrected chi connectivity index (χ1v) is 7.47. The van der Waals surface area contributed by atoms with Crippen molar-refractivity contribution >= 4 is 17.5 Å². The molecule has 0 aromatic heterocycles. The van der Waals surface area contributed by atoms with E-state index in [2.05, 4.69) is 10.6 Å². The quantitative estimate of drug-likeness (QED) is 0.886. The number of nitrogens with one attached hydrogen (secondary N) is 2. The molecule has 2 amide bonds. The molecule has 0 fully saturated rings. The Morgan fingerprint density at radius 3 is 2.54 bits per heavy atom. The molecule has 0 aliphatic heterocycles. The highest BCUT2D eigenvalue weighted by molar-refractivity contribution is 6.00. The molecule has 126 valence electrons. The molecule has 1 unspecified atom stereocenters. The topological polar surface area (TPSA) is 67.4 Å². The lowest BCUT2D eigenvalue weighted by atomic mass is 10.1. The molecule has 0 radical (unpaired) electrons. The van der Waals surface area contributed by atoms with Crippen molar-refractivity contribution in [2.45, 2.75) is 20.0 Å². The van der Waals surface area contributed by atoms with Crippen LogP contribution in [0.5, 0.6) is 5.75 Å². The second kappa shape index (κ2) is 7.59. The fourth-order valence-corrected chi connectivity index (χ4v) is 2.18. The number of ether oxygens (including phenoxy) is 1. The van der Waals surface area contributed by atoms with Gasteiger partial charge in [-0.2, -0.15) is 0 Å². The maximum Gasteiger partial charge on any atom is 0.265 e. The van der Waals surface area contributed by atoms with Crippen molar-refractivity contribution in [1.82, 2.24) is 5.32 Å². The highest BCUT2D eigenvalue weighted by Gasteiger charge is 2.17. The zero-order chi connectivity index (χ0) is 17.7. The van der Waals surface area contributed by atoms with Gasteiger partial charge in [-0.25, -0.2) is 4.39 Å². The summed E-state index contributed by atoms with van der Waals surface area (Å²) in [5.74, 6) is -0.785. The zero-order valence-electron chi connectivity index (χ0n) is 13.7. The molecule has 0 bridgehead atoms. The van der Waals surface area contributed by atoms with Crippen molar-refractivity contribution in [3.8, 4) is 5.75 Å². The number of anilines is 1. The lowest BCUT2D eigenvalue weighted by Gasteiger charge is -2.16. The number of carbonyl (C=O) groups excluding carboxylic acids is 2. The Balaban J connectivity index is 2.10. The Bertz CT molecular complexity index is 762. The Labute approximate surface area is 139 Å². The maximum absolute atomic E-state index is 13.2. The molecular weight excluding hydrogens is 311 g/mol. The zero-order valence-corrected chi connectivity index (χ0v) is 13.7. The van der Waals surface area contributed by atoms with E-state index >= 15 is 0 Å². The van der Waals surface area contributed by atoms with Crippen LogP contribution in [0.25, 0.3) is 0 Å². The van der Waals surface area contributed by atoms with Crippen molar-refractivity contribution in [3.05, 3.63) is 59.4 Å². The molecular formula is C18H19FN2O3. The molecule has 24 heavy (non-hydrogen) atoms. The molecule has 0 aliphatic rings. The van der Waals surface area contributed by atoms with Crippen molar-refractivity contribution in [1.29, 1.82) is 0 Å². The fourth-order valence-electron chi connectivity index (χ4n) is 2.18. The van der Waals surface area contributed by atoms with Crippen LogP contribution in [0.4, 0.5) is 10.1 Å². The fraction of sp³-hybridized carbons (Fsp3) is 0.222. The monoisotopic (exact) mass is 330 g/mol. The molecule has 5 nitrogen and oxygen atoms in total. The Morgan fingerprint density at radius 2 is 1.88 bits per heavy atom. The summed E-state index contributed by atoms with van der Waals surface area (Å²) >= 11 is 0. The van der Waals surface area contributed by atoms with Crippen molar-refractivity contribution in [2.75, 3.05) is 12.4 Å². The summed E-state index contributed by atoms with van der Waals surface area (Å²) in [4.78, 5) is 24.1. The number of hydrogen-bond acceptors (Lipinski definition) is 3. The predicted molar refractivity (Wildman–Crippen MR) is 89.7 cm³/mol. The van der Waals surface area contributed by atoms with Crippen LogP contribution >= 0.6 is 0 Å². The number of rotatable bonds is 5. The van der Waals surface area contributed by atoms with Crippen LogP contribution in [-0.4, -0.2) is 25.0 Å². The molecule has 0 saturated heterocycles. The third-order valence-electron chi connectivity index (χ3n) is 3.54. The largest absolute Gasteiger partial charge is 0.481 e. The van der Waals surface area contributed by atoms with Gasteiger partial charge < -0.3 is 15.4 Å². The van der Waals surface area contributed by atoms with Gasteiger partial charge in [0.15, 0.2) is 6.10 Å². The summed E-state index contributed by atoms with van der Waals surface area (Å²) in [6.45, 7) is 3.32. The summed E-state index contributed by atoms with van der Waals surface area (Å²) in [6.07, 6.45) is -0.824. The maximum atomic E-state index is 13.2. The van der Waals surface area contributed by atoms with Gasteiger partial charge in [-0.05, 0) is 43.7 Å². The van der Waals surface area contributed by atoms with Crippen LogP contribution in [0.1, 0.15) is 22.8 Å². The minimum atomic E-state index is -0.824. The second-order valence-electron chi connectivity index (χ2n) is 5.26. The molecule has 0 saturated carbocycles. The van der Waals surface area contributed by atoms with Crippen LogP contribution in [0.2, 0.25) is 0 Å². The third kappa shape index (κ3) is 4.10. The molecule has 0 aliphatic carbocycles. The number of hydrogen-bond donors (Lipinski definition) is 2. The van der Waals surface area contributed by atoms with Gasteiger partial charge in [0.25, 0.3) is 11.8 Å². The second-order valence-corrected chi connectivity index (χ2v) is 5.26. The van der Waals surface area contributed by atoms with Gasteiger partial charge in [-0.15, -0.1) is 0 Å². The van der Waals surface area contributed by atoms with Crippen molar-refractivity contribution in [3.63, 3.8) is 0 Å². The molecule has 1 atom stereocenters. The van der Waals surface area contributed by atoms with E-state index in [1.54, 1.807) is 45.2 Å². The Morgan fingerprint density at radius 1 is 1.17 bits per heavy atom. The average molecular weight is 330 g/mol. The van der Waals surface area contributed by atoms with Gasteiger partial charge in [0.05, 0.1) is 0 Å². The summed E-state index contributed by atoms with van der Waals surface area (Å²) in [7, 11) is 1.54. The molecule has 6 heteroatoms. The minimum Gasteiger partial charge on any atom is -0.481 e. The first-order valence-electron chi connectivity index (χ1n) is 7.47. The molecule has 2 rings (SSSR count). The van der Waals surface area contributed by atoms with E-state index in [1.807, 2.05) is 0 Å². The van der Waals surface area contributed by atoms with Crippen molar-refractivity contribution in [2.24, 2.45) is 0 Å².